The van der Waals surface area contributed by atoms with Crippen molar-refractivity contribution in [3.8, 4) is 0 Å². The lowest BCUT2D eigenvalue weighted by Gasteiger charge is -2.20. The number of amides is 2. The average Bonchev–Trinajstić information content (AvgIpc) is 2.98. The maximum atomic E-state index is 12.1. The molecule has 0 bridgehead atoms. The monoisotopic (exact) mass is 358 g/mol. The number of aryl methyl sites for hydroxylation is 1. The van der Waals surface area contributed by atoms with Crippen LogP contribution in [0.4, 0.5) is 0 Å². The van der Waals surface area contributed by atoms with Crippen LogP contribution in [0.15, 0.2) is 40.8 Å². The molecule has 1 heterocycles. The van der Waals surface area contributed by atoms with E-state index in [0.717, 1.165) is 5.56 Å². The van der Waals surface area contributed by atoms with Gasteiger partial charge in [-0.05, 0) is 25.0 Å². The summed E-state index contributed by atoms with van der Waals surface area (Å²) in [6.07, 6.45) is 0.660. The van der Waals surface area contributed by atoms with Crippen LogP contribution >= 0.6 is 0 Å². The fourth-order valence-corrected chi connectivity index (χ4v) is 2.51. The summed E-state index contributed by atoms with van der Waals surface area (Å²) in [5.74, 6) is -0.952. The first-order valence-corrected chi connectivity index (χ1v) is 8.25. The second-order valence-corrected chi connectivity index (χ2v) is 5.94. The van der Waals surface area contributed by atoms with Crippen molar-refractivity contribution in [1.29, 1.82) is 0 Å². The van der Waals surface area contributed by atoms with Crippen molar-refractivity contribution in [3.63, 3.8) is 0 Å². The van der Waals surface area contributed by atoms with Crippen LogP contribution in [0, 0.1) is 6.92 Å². The Labute approximate surface area is 151 Å². The molecule has 2 N–H and O–H groups in total. The second kappa shape index (κ2) is 8.84. The molecule has 0 unspecified atom stereocenters. The predicted octanol–water partition coefficient (Wildman–Crippen LogP) is 1.99. The lowest BCUT2D eigenvalue weighted by atomic mass is 10.1. The molecule has 0 radical (unpaired) electrons. The van der Waals surface area contributed by atoms with E-state index in [0.29, 0.717) is 18.7 Å². The molecule has 0 saturated heterocycles. The van der Waals surface area contributed by atoms with Gasteiger partial charge in [-0.3, -0.25) is 9.59 Å². The van der Waals surface area contributed by atoms with Gasteiger partial charge in [-0.15, -0.1) is 0 Å². The van der Waals surface area contributed by atoms with Gasteiger partial charge in [0.2, 0.25) is 11.8 Å². The van der Waals surface area contributed by atoms with Crippen molar-refractivity contribution in [3.05, 3.63) is 59.0 Å². The standard InChI is InChI=1S/C19H22N2O5/c1-13-17(19(24)25)10-16(26-13)11-20-18(23)12-21(14(2)22)9-8-15-6-4-3-5-7-15/h3-7,10H,8-9,11-12H2,1-2H3,(H,20,23)(H,24,25). The third-order valence-corrected chi connectivity index (χ3v) is 3.95. The summed E-state index contributed by atoms with van der Waals surface area (Å²) in [5, 5.41) is 11.6. The van der Waals surface area contributed by atoms with Crippen LogP contribution in [0.5, 0.6) is 0 Å². The van der Waals surface area contributed by atoms with Crippen LogP contribution < -0.4 is 5.32 Å². The number of aromatic carboxylic acids is 1. The highest BCUT2D eigenvalue weighted by Crippen LogP contribution is 2.14. The van der Waals surface area contributed by atoms with E-state index < -0.39 is 5.97 Å². The van der Waals surface area contributed by atoms with E-state index in [1.807, 2.05) is 30.3 Å². The molecule has 0 saturated carbocycles. The molecule has 2 aromatic rings. The molecule has 2 rings (SSSR count). The van der Waals surface area contributed by atoms with Crippen LogP contribution in [0.3, 0.4) is 0 Å². The fraction of sp³-hybridized carbons (Fsp3) is 0.316. The van der Waals surface area contributed by atoms with Crippen LogP contribution in [-0.4, -0.2) is 40.9 Å². The summed E-state index contributed by atoms with van der Waals surface area (Å²) in [6, 6.07) is 11.1. The Morgan fingerprint density at radius 1 is 1.19 bits per heavy atom. The highest BCUT2D eigenvalue weighted by Gasteiger charge is 2.16. The molecule has 2 amide bonds. The quantitative estimate of drug-likeness (QED) is 0.752. The number of carbonyl (C=O) groups excluding carboxylic acids is 2. The summed E-state index contributed by atoms with van der Waals surface area (Å²) in [5.41, 5.74) is 1.16. The van der Waals surface area contributed by atoms with E-state index in [9.17, 15) is 14.4 Å². The van der Waals surface area contributed by atoms with Gasteiger partial charge >= 0.3 is 5.97 Å². The van der Waals surface area contributed by atoms with E-state index >= 15 is 0 Å². The Bertz CT molecular complexity index is 782. The zero-order valence-electron chi connectivity index (χ0n) is 14.8. The number of carboxylic acids is 1. The molecule has 138 valence electrons. The number of carbonyl (C=O) groups is 3. The molecule has 0 aliphatic carbocycles. The van der Waals surface area contributed by atoms with Crippen molar-refractivity contribution in [2.75, 3.05) is 13.1 Å². The molecule has 0 fully saturated rings. The van der Waals surface area contributed by atoms with Gasteiger partial charge in [-0.25, -0.2) is 4.79 Å². The predicted molar refractivity (Wildman–Crippen MR) is 94.7 cm³/mol. The second-order valence-electron chi connectivity index (χ2n) is 5.94. The molecule has 0 atom stereocenters. The molecule has 1 aromatic heterocycles. The van der Waals surface area contributed by atoms with Gasteiger partial charge in [0.25, 0.3) is 0 Å². The van der Waals surface area contributed by atoms with Crippen molar-refractivity contribution in [2.24, 2.45) is 0 Å². The Morgan fingerprint density at radius 2 is 1.88 bits per heavy atom. The maximum absolute atomic E-state index is 12.1. The van der Waals surface area contributed by atoms with Gasteiger partial charge in [-0.2, -0.15) is 0 Å². The zero-order valence-corrected chi connectivity index (χ0v) is 14.8. The summed E-state index contributed by atoms with van der Waals surface area (Å²) in [7, 11) is 0. The minimum absolute atomic E-state index is 0.0619. The molecule has 0 aliphatic rings. The first-order valence-electron chi connectivity index (χ1n) is 8.25. The molecular formula is C19H22N2O5. The van der Waals surface area contributed by atoms with Gasteiger partial charge in [0.15, 0.2) is 0 Å². The number of furan rings is 1. The molecule has 7 nitrogen and oxygen atoms in total. The van der Waals surface area contributed by atoms with Gasteiger partial charge in [-0.1, -0.05) is 30.3 Å². The van der Waals surface area contributed by atoms with E-state index in [-0.39, 0.29) is 36.2 Å². The van der Waals surface area contributed by atoms with Crippen molar-refractivity contribution in [1.82, 2.24) is 10.2 Å². The molecular weight excluding hydrogens is 336 g/mol. The van der Waals surface area contributed by atoms with Crippen molar-refractivity contribution >= 4 is 17.8 Å². The summed E-state index contributed by atoms with van der Waals surface area (Å²) >= 11 is 0. The van der Waals surface area contributed by atoms with Crippen LogP contribution in [0.1, 0.15) is 34.4 Å². The first kappa shape index (κ1) is 19.2. The number of nitrogens with zero attached hydrogens (tertiary/aromatic N) is 1. The fourth-order valence-electron chi connectivity index (χ4n) is 2.51. The number of benzene rings is 1. The van der Waals surface area contributed by atoms with Crippen LogP contribution in [0.2, 0.25) is 0 Å². The Hall–Kier alpha value is -3.09. The molecule has 26 heavy (non-hydrogen) atoms. The number of carboxylic acid groups (broad SMARTS) is 1. The van der Waals surface area contributed by atoms with E-state index in [1.165, 1.54) is 17.9 Å². The highest BCUT2D eigenvalue weighted by molar-refractivity contribution is 5.89. The molecule has 7 heteroatoms. The SMILES string of the molecule is CC(=O)N(CCc1ccccc1)CC(=O)NCc1cc(C(=O)O)c(C)o1. The molecule has 1 aromatic carbocycles. The minimum Gasteiger partial charge on any atom is -0.478 e. The Kier molecular flexibility index (Phi) is 6.54. The van der Waals surface area contributed by atoms with Gasteiger partial charge in [0.1, 0.15) is 17.1 Å². The van der Waals surface area contributed by atoms with E-state index in [4.69, 9.17) is 9.52 Å². The Morgan fingerprint density at radius 3 is 2.46 bits per heavy atom. The highest BCUT2D eigenvalue weighted by atomic mass is 16.4. The molecule has 0 aliphatic heterocycles. The normalized spacial score (nSPS) is 10.4. The average molecular weight is 358 g/mol. The van der Waals surface area contributed by atoms with Crippen LogP contribution in [-0.2, 0) is 22.6 Å². The third kappa shape index (κ3) is 5.47. The maximum Gasteiger partial charge on any atom is 0.339 e. The smallest absolute Gasteiger partial charge is 0.339 e. The Balaban J connectivity index is 1.86. The minimum atomic E-state index is -1.08. The topological polar surface area (TPSA) is 99.9 Å². The summed E-state index contributed by atoms with van der Waals surface area (Å²) < 4.78 is 5.31. The summed E-state index contributed by atoms with van der Waals surface area (Å²) in [6.45, 7) is 3.42. The first-order chi connectivity index (χ1) is 12.4. The number of hydrogen-bond donors (Lipinski definition) is 2. The van der Waals surface area contributed by atoms with Crippen molar-refractivity contribution in [2.45, 2.75) is 26.8 Å². The molecule has 0 spiro atoms. The van der Waals surface area contributed by atoms with Gasteiger partial charge < -0.3 is 19.7 Å². The van der Waals surface area contributed by atoms with Crippen molar-refractivity contribution < 1.29 is 23.9 Å². The van der Waals surface area contributed by atoms with Crippen LogP contribution in [0.25, 0.3) is 0 Å². The number of rotatable bonds is 8. The van der Waals surface area contributed by atoms with E-state index in [1.54, 1.807) is 6.92 Å². The van der Waals surface area contributed by atoms with Gasteiger partial charge in [0.05, 0.1) is 13.1 Å². The third-order valence-electron chi connectivity index (χ3n) is 3.95. The van der Waals surface area contributed by atoms with Gasteiger partial charge in [0, 0.05) is 13.5 Å². The lowest BCUT2D eigenvalue weighted by Crippen LogP contribution is -2.40. The number of nitrogens with one attached hydrogen (secondary N) is 1. The largest absolute Gasteiger partial charge is 0.478 e. The zero-order chi connectivity index (χ0) is 19.1. The van der Waals surface area contributed by atoms with E-state index in [2.05, 4.69) is 5.32 Å². The number of hydrogen-bond acceptors (Lipinski definition) is 4. The summed E-state index contributed by atoms with van der Waals surface area (Å²) in [4.78, 5) is 36.3. The lowest BCUT2D eigenvalue weighted by molar-refractivity contribution is -0.134.